The van der Waals surface area contributed by atoms with E-state index in [0.717, 1.165) is 17.7 Å². The normalized spacial score (nSPS) is 14.0. The lowest BCUT2D eigenvalue weighted by Gasteiger charge is -2.31. The molecule has 0 spiro atoms. The van der Waals surface area contributed by atoms with Crippen molar-refractivity contribution in [3.8, 4) is 5.75 Å². The fourth-order valence-corrected chi connectivity index (χ4v) is 6.69. The molecule has 4 rings (SSSR count). The Bertz CT molecular complexity index is 1410. The molecule has 1 heterocycles. The highest BCUT2D eigenvalue weighted by atomic mass is 32.2. The van der Waals surface area contributed by atoms with E-state index in [1.54, 1.807) is 24.3 Å². The minimum Gasteiger partial charge on any atom is -0.497 e. The van der Waals surface area contributed by atoms with Gasteiger partial charge in [-0.1, -0.05) is 0 Å². The fraction of sp³-hybridized carbons (Fsp3) is 0.217. The van der Waals surface area contributed by atoms with Gasteiger partial charge in [0.1, 0.15) is 11.6 Å². The molecule has 0 aromatic heterocycles. The maximum atomic E-state index is 13.4. The van der Waals surface area contributed by atoms with E-state index in [2.05, 4.69) is 4.72 Å². The van der Waals surface area contributed by atoms with Crippen molar-refractivity contribution in [1.82, 2.24) is 0 Å². The summed E-state index contributed by atoms with van der Waals surface area (Å²) in [6, 6.07) is 14.4. The molecule has 1 aliphatic heterocycles. The minimum atomic E-state index is -3.94. The Kier molecular flexibility index (Phi) is 6.06. The summed E-state index contributed by atoms with van der Waals surface area (Å²) < 4.78 is 74.5. The Labute approximate surface area is 192 Å². The molecule has 0 aliphatic carbocycles. The Balaban J connectivity index is 1.64. The van der Waals surface area contributed by atoms with Gasteiger partial charge in [-0.3, -0.25) is 9.03 Å². The summed E-state index contributed by atoms with van der Waals surface area (Å²) in [7, 11) is -6.23. The topological polar surface area (TPSA) is 92.8 Å². The first-order valence-corrected chi connectivity index (χ1v) is 13.1. The second-order valence-electron chi connectivity index (χ2n) is 7.72. The molecule has 1 N–H and O–H groups in total. The molecule has 174 valence electrons. The first-order valence-electron chi connectivity index (χ1n) is 10.2. The third-order valence-corrected chi connectivity index (χ3v) is 8.85. The van der Waals surface area contributed by atoms with E-state index >= 15 is 0 Å². The van der Waals surface area contributed by atoms with Crippen molar-refractivity contribution in [3.63, 3.8) is 0 Å². The number of sulfonamides is 2. The van der Waals surface area contributed by atoms with Crippen LogP contribution in [-0.2, 0) is 26.5 Å². The summed E-state index contributed by atoms with van der Waals surface area (Å²) >= 11 is 0. The average molecular weight is 491 g/mol. The van der Waals surface area contributed by atoms with Crippen LogP contribution >= 0.6 is 0 Å². The van der Waals surface area contributed by atoms with Gasteiger partial charge in [0.05, 0.1) is 22.6 Å². The van der Waals surface area contributed by atoms with Crippen LogP contribution in [0.1, 0.15) is 17.5 Å². The highest BCUT2D eigenvalue weighted by molar-refractivity contribution is 7.93. The first-order chi connectivity index (χ1) is 15.6. The van der Waals surface area contributed by atoms with Gasteiger partial charge in [-0.05, 0) is 91.6 Å². The second kappa shape index (κ2) is 8.68. The molecule has 0 saturated heterocycles. The molecule has 0 bridgehead atoms. The number of hydrogen-bond donors (Lipinski definition) is 1. The van der Waals surface area contributed by atoms with E-state index in [4.69, 9.17) is 4.74 Å². The standard InChI is InChI=1S/C23H23FN2O5S2/c1-16-14-18(24)5-12-23(16)32(27,28)25-19-6-11-22-17(15-19)4-3-13-26(22)33(29,30)21-9-7-20(31-2)8-10-21/h5-12,14-15,25H,3-4,13H2,1-2H3. The van der Waals surface area contributed by atoms with Crippen LogP contribution in [0.2, 0.25) is 0 Å². The minimum absolute atomic E-state index is 0.0228. The third-order valence-electron chi connectivity index (χ3n) is 5.48. The van der Waals surface area contributed by atoms with Crippen LogP contribution in [0.5, 0.6) is 5.75 Å². The van der Waals surface area contributed by atoms with Crippen LogP contribution in [0, 0.1) is 12.7 Å². The predicted octanol–water partition coefficient (Wildman–Crippen LogP) is 4.09. The molecule has 0 unspecified atom stereocenters. The number of methoxy groups -OCH3 is 1. The smallest absolute Gasteiger partial charge is 0.264 e. The maximum absolute atomic E-state index is 13.4. The van der Waals surface area contributed by atoms with Crippen molar-refractivity contribution in [2.45, 2.75) is 29.6 Å². The molecule has 0 radical (unpaired) electrons. The molecule has 0 saturated carbocycles. The Morgan fingerprint density at radius 2 is 1.70 bits per heavy atom. The monoisotopic (exact) mass is 490 g/mol. The van der Waals surface area contributed by atoms with Gasteiger partial charge in [0, 0.05) is 12.2 Å². The number of anilines is 2. The SMILES string of the molecule is COc1ccc(S(=O)(=O)N2CCCc3cc(NS(=O)(=O)c4ccc(F)cc4C)ccc32)cc1. The Hall–Kier alpha value is -3.11. The fourth-order valence-electron chi connectivity index (χ4n) is 3.88. The van der Waals surface area contributed by atoms with Crippen molar-refractivity contribution in [2.24, 2.45) is 0 Å². The van der Waals surface area contributed by atoms with Crippen LogP contribution in [0.15, 0.2) is 70.5 Å². The van der Waals surface area contributed by atoms with Crippen molar-refractivity contribution >= 4 is 31.4 Å². The largest absolute Gasteiger partial charge is 0.497 e. The summed E-state index contributed by atoms with van der Waals surface area (Å²) in [5.41, 5.74) is 1.82. The van der Waals surface area contributed by atoms with E-state index in [9.17, 15) is 21.2 Å². The molecule has 7 nitrogen and oxygen atoms in total. The summed E-state index contributed by atoms with van der Waals surface area (Å²) in [6.45, 7) is 1.84. The number of rotatable bonds is 6. The third kappa shape index (κ3) is 4.53. The molecule has 1 aliphatic rings. The van der Waals surface area contributed by atoms with Crippen LogP contribution in [0.4, 0.5) is 15.8 Å². The van der Waals surface area contributed by atoms with E-state index in [0.29, 0.717) is 36.5 Å². The number of benzene rings is 3. The average Bonchev–Trinajstić information content (AvgIpc) is 2.78. The molecule has 10 heteroatoms. The number of aryl methyl sites for hydroxylation is 2. The zero-order valence-electron chi connectivity index (χ0n) is 18.1. The zero-order chi connectivity index (χ0) is 23.8. The number of halogens is 1. The Morgan fingerprint density at radius 3 is 2.36 bits per heavy atom. The first kappa shape index (κ1) is 23.1. The number of nitrogens with zero attached hydrogens (tertiary/aromatic N) is 1. The molecule has 3 aromatic rings. The van der Waals surface area contributed by atoms with Crippen molar-refractivity contribution < 1.29 is 26.0 Å². The van der Waals surface area contributed by atoms with E-state index < -0.39 is 25.9 Å². The van der Waals surface area contributed by atoms with Gasteiger partial charge in [-0.2, -0.15) is 0 Å². The van der Waals surface area contributed by atoms with E-state index in [-0.39, 0.29) is 15.4 Å². The lowest BCUT2D eigenvalue weighted by molar-refractivity contribution is 0.414. The summed E-state index contributed by atoms with van der Waals surface area (Å²) in [5, 5.41) is 0. The summed E-state index contributed by atoms with van der Waals surface area (Å²) in [6.07, 6.45) is 1.20. The van der Waals surface area contributed by atoms with Crippen molar-refractivity contribution in [2.75, 3.05) is 22.7 Å². The number of fused-ring (bicyclic) bond motifs is 1. The lowest BCUT2D eigenvalue weighted by atomic mass is 10.0. The molecule has 3 aromatic carbocycles. The van der Waals surface area contributed by atoms with Crippen molar-refractivity contribution in [1.29, 1.82) is 0 Å². The van der Waals surface area contributed by atoms with Gasteiger partial charge in [0.25, 0.3) is 20.0 Å². The van der Waals surface area contributed by atoms with Crippen LogP contribution in [0.25, 0.3) is 0 Å². The summed E-state index contributed by atoms with van der Waals surface area (Å²) in [5.74, 6) is 0.0414. The van der Waals surface area contributed by atoms with Crippen LogP contribution in [-0.4, -0.2) is 30.5 Å². The predicted molar refractivity (Wildman–Crippen MR) is 124 cm³/mol. The highest BCUT2D eigenvalue weighted by Crippen LogP contribution is 2.34. The molecule has 0 atom stereocenters. The number of nitrogens with one attached hydrogen (secondary N) is 1. The number of ether oxygens (including phenoxy) is 1. The zero-order valence-corrected chi connectivity index (χ0v) is 19.7. The number of hydrogen-bond acceptors (Lipinski definition) is 5. The molecular weight excluding hydrogens is 467 g/mol. The molecule has 0 fully saturated rings. The van der Waals surface area contributed by atoms with Gasteiger partial charge >= 0.3 is 0 Å². The Morgan fingerprint density at radius 1 is 0.970 bits per heavy atom. The molecule has 33 heavy (non-hydrogen) atoms. The van der Waals surface area contributed by atoms with Gasteiger partial charge in [-0.25, -0.2) is 21.2 Å². The maximum Gasteiger partial charge on any atom is 0.264 e. The van der Waals surface area contributed by atoms with Gasteiger partial charge in [0.15, 0.2) is 0 Å². The van der Waals surface area contributed by atoms with Gasteiger partial charge in [0.2, 0.25) is 0 Å². The van der Waals surface area contributed by atoms with Gasteiger partial charge in [-0.15, -0.1) is 0 Å². The molecular formula is C23H23FN2O5S2. The summed E-state index contributed by atoms with van der Waals surface area (Å²) in [4.78, 5) is 0.123. The van der Waals surface area contributed by atoms with Crippen LogP contribution in [0.3, 0.4) is 0 Å². The second-order valence-corrected chi connectivity index (χ2v) is 11.2. The van der Waals surface area contributed by atoms with E-state index in [1.807, 2.05) is 0 Å². The van der Waals surface area contributed by atoms with Crippen LogP contribution < -0.4 is 13.8 Å². The highest BCUT2D eigenvalue weighted by Gasteiger charge is 2.29. The quantitative estimate of drug-likeness (QED) is 0.562. The van der Waals surface area contributed by atoms with Gasteiger partial charge < -0.3 is 4.74 Å². The molecule has 0 amide bonds. The van der Waals surface area contributed by atoms with Crippen molar-refractivity contribution in [3.05, 3.63) is 77.6 Å². The van der Waals surface area contributed by atoms with E-state index in [1.165, 1.54) is 42.6 Å². The lowest BCUT2D eigenvalue weighted by Crippen LogP contribution is -2.35.